The molecule has 0 aliphatic carbocycles. The van der Waals surface area contributed by atoms with Gasteiger partial charge in [0.05, 0.1) is 12.8 Å². The van der Waals surface area contributed by atoms with Crippen molar-refractivity contribution in [1.82, 2.24) is 4.57 Å². The van der Waals surface area contributed by atoms with Crippen molar-refractivity contribution < 1.29 is 4.74 Å². The van der Waals surface area contributed by atoms with E-state index in [1.54, 1.807) is 25.4 Å². The summed E-state index contributed by atoms with van der Waals surface area (Å²) in [7, 11) is 1.55. The summed E-state index contributed by atoms with van der Waals surface area (Å²) in [6.07, 6.45) is 1.63. The molecule has 2 rings (SSSR count). The van der Waals surface area contributed by atoms with E-state index in [0.717, 1.165) is 5.56 Å². The van der Waals surface area contributed by atoms with Gasteiger partial charge in [-0.15, -0.1) is 0 Å². The molecule has 0 unspecified atom stereocenters. The van der Waals surface area contributed by atoms with Gasteiger partial charge >= 0.3 is 0 Å². The molecule has 0 bridgehead atoms. The first-order chi connectivity index (χ1) is 8.67. The molecule has 0 aliphatic rings. The van der Waals surface area contributed by atoms with Crippen molar-refractivity contribution in [2.45, 2.75) is 6.92 Å². The lowest BCUT2D eigenvalue weighted by Crippen LogP contribution is -2.20. The number of rotatable bonds is 2. The van der Waals surface area contributed by atoms with Crippen molar-refractivity contribution in [3.05, 3.63) is 58.0 Å². The Labute approximate surface area is 105 Å². The number of aromatic nitrogens is 1. The molecule has 1 aromatic heterocycles. The van der Waals surface area contributed by atoms with Crippen molar-refractivity contribution >= 4 is 0 Å². The molecule has 0 aliphatic heterocycles. The summed E-state index contributed by atoms with van der Waals surface area (Å²) in [5, 5.41) is 8.88. The van der Waals surface area contributed by atoms with Crippen LogP contribution >= 0.6 is 0 Å². The van der Waals surface area contributed by atoms with Crippen LogP contribution in [0.15, 0.2) is 41.3 Å². The summed E-state index contributed by atoms with van der Waals surface area (Å²) < 4.78 is 6.66. The maximum absolute atomic E-state index is 12.1. The Morgan fingerprint density at radius 1 is 1.33 bits per heavy atom. The van der Waals surface area contributed by atoms with Crippen LogP contribution in [0, 0.1) is 18.3 Å². The maximum atomic E-state index is 12.1. The largest absolute Gasteiger partial charge is 0.495 e. The van der Waals surface area contributed by atoms with Crippen LogP contribution in [-0.2, 0) is 0 Å². The highest BCUT2D eigenvalue weighted by Crippen LogP contribution is 2.22. The van der Waals surface area contributed by atoms with Crippen LogP contribution in [0.4, 0.5) is 0 Å². The number of hydrogen-bond acceptors (Lipinski definition) is 3. The van der Waals surface area contributed by atoms with Gasteiger partial charge in [0, 0.05) is 6.20 Å². The average molecular weight is 240 g/mol. The lowest BCUT2D eigenvalue weighted by molar-refractivity contribution is 0.412. The Morgan fingerprint density at radius 3 is 2.78 bits per heavy atom. The summed E-state index contributed by atoms with van der Waals surface area (Å²) in [4.78, 5) is 12.1. The molecule has 0 spiro atoms. The lowest BCUT2D eigenvalue weighted by Gasteiger charge is -2.11. The molecule has 0 radical (unpaired) electrons. The zero-order valence-electron chi connectivity index (χ0n) is 10.2. The Kier molecular flexibility index (Phi) is 3.16. The maximum Gasteiger partial charge on any atom is 0.273 e. The van der Waals surface area contributed by atoms with Gasteiger partial charge in [-0.2, -0.15) is 5.26 Å². The quantitative estimate of drug-likeness (QED) is 0.807. The molecule has 4 nitrogen and oxygen atoms in total. The van der Waals surface area contributed by atoms with E-state index in [4.69, 9.17) is 10.00 Å². The van der Waals surface area contributed by atoms with Crippen LogP contribution in [-0.4, -0.2) is 11.7 Å². The smallest absolute Gasteiger partial charge is 0.273 e. The number of nitrogens with zero attached hydrogens (tertiary/aromatic N) is 2. The van der Waals surface area contributed by atoms with Crippen molar-refractivity contribution in [3.63, 3.8) is 0 Å². The highest BCUT2D eigenvalue weighted by molar-refractivity contribution is 5.49. The van der Waals surface area contributed by atoms with Crippen LogP contribution < -0.4 is 10.3 Å². The van der Waals surface area contributed by atoms with Gasteiger partial charge in [-0.05, 0) is 36.8 Å². The molecule has 0 saturated heterocycles. The number of aryl methyl sites for hydroxylation is 1. The summed E-state index contributed by atoms with van der Waals surface area (Å²) >= 11 is 0. The van der Waals surface area contributed by atoms with Crippen LogP contribution in [0.2, 0.25) is 0 Å². The van der Waals surface area contributed by atoms with Crippen molar-refractivity contribution in [3.8, 4) is 17.5 Å². The Morgan fingerprint density at radius 2 is 2.11 bits per heavy atom. The van der Waals surface area contributed by atoms with Crippen LogP contribution in [0.3, 0.4) is 0 Å². The molecule has 4 heteroatoms. The molecule has 90 valence electrons. The van der Waals surface area contributed by atoms with E-state index in [1.165, 1.54) is 10.6 Å². The van der Waals surface area contributed by atoms with E-state index in [9.17, 15) is 4.79 Å². The van der Waals surface area contributed by atoms with E-state index in [1.807, 2.05) is 25.1 Å². The lowest BCUT2D eigenvalue weighted by atomic mass is 10.2. The second kappa shape index (κ2) is 4.76. The first-order valence-corrected chi connectivity index (χ1v) is 5.44. The molecule has 1 aromatic carbocycles. The van der Waals surface area contributed by atoms with Crippen LogP contribution in [0.1, 0.15) is 11.1 Å². The highest BCUT2D eigenvalue weighted by Gasteiger charge is 2.09. The topological polar surface area (TPSA) is 55.0 Å². The zero-order valence-corrected chi connectivity index (χ0v) is 10.2. The molecule has 0 fully saturated rings. The summed E-state index contributed by atoms with van der Waals surface area (Å²) in [5.41, 5.74) is 1.42. The van der Waals surface area contributed by atoms with E-state index in [-0.39, 0.29) is 11.1 Å². The standard InChI is InChI=1S/C14H12N2O2/c1-10-5-6-13(18-2)12(8-10)16-7-3-4-11(9-15)14(16)17/h3-8H,1-2H3. The van der Waals surface area contributed by atoms with Gasteiger partial charge in [0.2, 0.25) is 0 Å². The first kappa shape index (κ1) is 11.9. The Hall–Kier alpha value is -2.54. The van der Waals surface area contributed by atoms with Gasteiger partial charge in [0.1, 0.15) is 17.4 Å². The number of pyridine rings is 1. The fourth-order valence-electron chi connectivity index (χ4n) is 1.76. The number of ether oxygens (including phenoxy) is 1. The van der Waals surface area contributed by atoms with Crippen LogP contribution in [0.5, 0.6) is 5.75 Å². The molecular formula is C14H12N2O2. The molecule has 2 aromatic rings. The molecule has 0 amide bonds. The van der Waals surface area contributed by atoms with Crippen molar-refractivity contribution in [2.24, 2.45) is 0 Å². The number of benzene rings is 1. The number of methoxy groups -OCH3 is 1. The fourth-order valence-corrected chi connectivity index (χ4v) is 1.76. The second-order valence-electron chi connectivity index (χ2n) is 3.88. The van der Waals surface area contributed by atoms with Crippen molar-refractivity contribution in [2.75, 3.05) is 7.11 Å². The van der Waals surface area contributed by atoms with E-state index in [0.29, 0.717) is 11.4 Å². The van der Waals surface area contributed by atoms with Gasteiger partial charge in [0.25, 0.3) is 5.56 Å². The van der Waals surface area contributed by atoms with Gasteiger partial charge in [-0.1, -0.05) is 6.07 Å². The monoisotopic (exact) mass is 240 g/mol. The molecule has 0 saturated carbocycles. The predicted octanol–water partition coefficient (Wildman–Crippen LogP) is 2.03. The van der Waals surface area contributed by atoms with E-state index in [2.05, 4.69) is 0 Å². The zero-order chi connectivity index (χ0) is 13.1. The Balaban J connectivity index is 2.74. The number of hydrogen-bond donors (Lipinski definition) is 0. The van der Waals surface area contributed by atoms with Gasteiger partial charge in [-0.3, -0.25) is 9.36 Å². The molecule has 0 N–H and O–H groups in total. The van der Waals surface area contributed by atoms with Gasteiger partial charge < -0.3 is 4.74 Å². The molecular weight excluding hydrogens is 228 g/mol. The first-order valence-electron chi connectivity index (χ1n) is 5.44. The van der Waals surface area contributed by atoms with E-state index < -0.39 is 0 Å². The minimum atomic E-state index is -0.344. The van der Waals surface area contributed by atoms with Crippen LogP contribution in [0.25, 0.3) is 5.69 Å². The molecule has 1 heterocycles. The SMILES string of the molecule is COc1ccc(C)cc1-n1cccc(C#N)c1=O. The predicted molar refractivity (Wildman–Crippen MR) is 68.0 cm³/mol. The molecule has 18 heavy (non-hydrogen) atoms. The third-order valence-corrected chi connectivity index (χ3v) is 2.66. The average Bonchev–Trinajstić information content (AvgIpc) is 2.39. The Bertz CT molecular complexity index is 681. The van der Waals surface area contributed by atoms with Gasteiger partial charge in [-0.25, -0.2) is 0 Å². The molecule has 0 atom stereocenters. The minimum Gasteiger partial charge on any atom is -0.495 e. The van der Waals surface area contributed by atoms with E-state index >= 15 is 0 Å². The minimum absolute atomic E-state index is 0.112. The summed E-state index contributed by atoms with van der Waals surface area (Å²) in [5.74, 6) is 0.595. The third-order valence-electron chi connectivity index (χ3n) is 2.66. The summed E-state index contributed by atoms with van der Waals surface area (Å²) in [6.45, 7) is 1.93. The number of nitriles is 1. The second-order valence-corrected chi connectivity index (χ2v) is 3.88. The summed E-state index contributed by atoms with van der Waals surface area (Å²) in [6, 6.07) is 10.6. The fraction of sp³-hybridized carbons (Fsp3) is 0.143. The van der Waals surface area contributed by atoms with Gasteiger partial charge in [0.15, 0.2) is 0 Å². The third kappa shape index (κ3) is 1.98. The highest BCUT2D eigenvalue weighted by atomic mass is 16.5. The van der Waals surface area contributed by atoms with Crippen molar-refractivity contribution in [1.29, 1.82) is 5.26 Å². The normalized spacial score (nSPS) is 9.83.